The maximum Gasteiger partial charge on any atom is 0.330 e. The Kier molecular flexibility index (Phi) is 3.99. The summed E-state index contributed by atoms with van der Waals surface area (Å²) in [6.07, 6.45) is 0. The monoisotopic (exact) mass is 304 g/mol. The molecule has 1 aromatic rings. The molecule has 0 spiro atoms. The van der Waals surface area contributed by atoms with E-state index in [1.165, 1.54) is 33.1 Å². The van der Waals surface area contributed by atoms with E-state index in [9.17, 15) is 19.2 Å². The summed E-state index contributed by atoms with van der Waals surface area (Å²) in [4.78, 5) is 48.7. The highest BCUT2D eigenvalue weighted by atomic mass is 16.5. The van der Waals surface area contributed by atoms with Gasteiger partial charge < -0.3 is 10.1 Å². The van der Waals surface area contributed by atoms with E-state index < -0.39 is 35.8 Å². The van der Waals surface area contributed by atoms with Gasteiger partial charge in [0, 0.05) is 0 Å². The van der Waals surface area contributed by atoms with Gasteiger partial charge in [0.05, 0.1) is 18.2 Å². The van der Waals surface area contributed by atoms with Crippen molar-refractivity contribution < 1.29 is 23.9 Å². The highest BCUT2D eigenvalue weighted by Gasteiger charge is 2.38. The van der Waals surface area contributed by atoms with Crippen molar-refractivity contribution >= 4 is 23.7 Å². The zero-order chi connectivity index (χ0) is 16.5. The molecule has 0 fully saturated rings. The Balaban J connectivity index is 2.10. The maximum absolute atomic E-state index is 12.1. The molecule has 0 saturated heterocycles. The van der Waals surface area contributed by atoms with Crippen molar-refractivity contribution in [1.29, 1.82) is 0 Å². The highest BCUT2D eigenvalue weighted by Crippen LogP contribution is 2.22. The van der Waals surface area contributed by atoms with Crippen molar-refractivity contribution in [3.8, 4) is 0 Å². The van der Waals surface area contributed by atoms with Crippen molar-refractivity contribution in [2.24, 2.45) is 0 Å². The average molecular weight is 304 g/mol. The molecule has 0 unspecified atom stereocenters. The fraction of sp³-hybridized carbons (Fsp3) is 0.333. The molecule has 0 bridgehead atoms. The van der Waals surface area contributed by atoms with E-state index in [4.69, 9.17) is 0 Å². The van der Waals surface area contributed by atoms with Gasteiger partial charge in [0.25, 0.3) is 11.8 Å². The van der Waals surface area contributed by atoms with E-state index in [0.29, 0.717) is 0 Å². The molecule has 1 aromatic carbocycles. The van der Waals surface area contributed by atoms with Gasteiger partial charge in [0.15, 0.2) is 0 Å². The lowest BCUT2D eigenvalue weighted by Gasteiger charge is -2.24. The van der Waals surface area contributed by atoms with E-state index in [1.54, 1.807) is 12.1 Å². The first-order valence-corrected chi connectivity index (χ1v) is 6.62. The molecule has 116 valence electrons. The predicted molar refractivity (Wildman–Crippen MR) is 76.0 cm³/mol. The van der Waals surface area contributed by atoms with Crippen LogP contribution in [0, 0.1) is 0 Å². The normalized spacial score (nSPS) is 13.9. The van der Waals surface area contributed by atoms with Crippen molar-refractivity contribution in [3.63, 3.8) is 0 Å². The largest absolute Gasteiger partial charge is 0.467 e. The molecule has 3 amide bonds. The number of benzene rings is 1. The van der Waals surface area contributed by atoms with Crippen LogP contribution in [0.3, 0.4) is 0 Å². The lowest BCUT2D eigenvalue weighted by atomic mass is 10.1. The molecule has 0 aliphatic carbocycles. The predicted octanol–water partition coefficient (Wildman–Crippen LogP) is 0.350. The number of carbonyl (C=O) groups excluding carboxylic acids is 4. The van der Waals surface area contributed by atoms with Gasteiger partial charge in [-0.15, -0.1) is 0 Å². The molecule has 7 nitrogen and oxygen atoms in total. The number of hydrogen-bond donors (Lipinski definition) is 1. The number of esters is 1. The Morgan fingerprint density at radius 1 is 1.14 bits per heavy atom. The first kappa shape index (κ1) is 15.7. The average Bonchev–Trinajstić information content (AvgIpc) is 2.71. The lowest BCUT2D eigenvalue weighted by molar-refractivity contribution is -0.149. The molecule has 1 aliphatic rings. The molecule has 2 rings (SSSR count). The molecule has 0 radical (unpaired) electrons. The van der Waals surface area contributed by atoms with E-state index in [0.717, 1.165) is 4.90 Å². The summed E-state index contributed by atoms with van der Waals surface area (Å²) in [5, 5.41) is 2.44. The van der Waals surface area contributed by atoms with Gasteiger partial charge in [0.2, 0.25) is 5.91 Å². The fourth-order valence-electron chi connectivity index (χ4n) is 2.22. The Morgan fingerprint density at radius 3 is 2.09 bits per heavy atom. The van der Waals surface area contributed by atoms with E-state index >= 15 is 0 Å². The van der Waals surface area contributed by atoms with Gasteiger partial charge in [-0.25, -0.2) is 4.79 Å². The second-order valence-electron chi connectivity index (χ2n) is 5.41. The lowest BCUT2D eigenvalue weighted by Crippen LogP contribution is -2.53. The molecule has 0 saturated carbocycles. The van der Waals surface area contributed by atoms with Gasteiger partial charge in [-0.2, -0.15) is 0 Å². The van der Waals surface area contributed by atoms with Crippen LogP contribution in [0.15, 0.2) is 24.3 Å². The zero-order valence-corrected chi connectivity index (χ0v) is 12.5. The number of ether oxygens (including phenoxy) is 1. The van der Waals surface area contributed by atoms with E-state index in [2.05, 4.69) is 10.1 Å². The second kappa shape index (κ2) is 5.59. The van der Waals surface area contributed by atoms with Gasteiger partial charge in [-0.3, -0.25) is 19.3 Å². The minimum atomic E-state index is -1.25. The van der Waals surface area contributed by atoms with Crippen LogP contribution >= 0.6 is 0 Å². The third kappa shape index (κ3) is 2.69. The van der Waals surface area contributed by atoms with E-state index in [1.807, 2.05) is 0 Å². The summed E-state index contributed by atoms with van der Waals surface area (Å²) in [5.41, 5.74) is -0.704. The molecule has 1 heterocycles. The first-order valence-electron chi connectivity index (χ1n) is 6.62. The van der Waals surface area contributed by atoms with Gasteiger partial charge >= 0.3 is 5.97 Å². The van der Waals surface area contributed by atoms with Crippen molar-refractivity contribution in [2.45, 2.75) is 19.4 Å². The number of rotatable bonds is 4. The van der Waals surface area contributed by atoms with E-state index in [-0.39, 0.29) is 11.1 Å². The van der Waals surface area contributed by atoms with Crippen LogP contribution in [0.2, 0.25) is 0 Å². The third-order valence-electron chi connectivity index (χ3n) is 3.33. The summed E-state index contributed by atoms with van der Waals surface area (Å²) >= 11 is 0. The molecular formula is C15H16N2O5. The van der Waals surface area contributed by atoms with Crippen LogP contribution < -0.4 is 5.32 Å². The standard InChI is InChI=1S/C15H16N2O5/c1-15(2,14(21)22-3)16-11(18)8-17-12(19)9-6-4-5-7-10(9)13(17)20/h4-7H,8H2,1-3H3,(H,16,18). The number of carbonyl (C=O) groups is 4. The first-order chi connectivity index (χ1) is 10.3. The molecule has 1 N–H and O–H groups in total. The maximum atomic E-state index is 12.1. The molecule has 0 atom stereocenters. The number of imide groups is 1. The number of nitrogens with one attached hydrogen (secondary N) is 1. The van der Waals surface area contributed by atoms with Gasteiger partial charge in [-0.1, -0.05) is 12.1 Å². The minimum absolute atomic E-state index is 0.271. The summed E-state index contributed by atoms with van der Waals surface area (Å²) < 4.78 is 4.58. The number of nitrogens with zero attached hydrogens (tertiary/aromatic N) is 1. The smallest absolute Gasteiger partial charge is 0.330 e. The molecular weight excluding hydrogens is 288 g/mol. The quantitative estimate of drug-likeness (QED) is 0.640. The van der Waals surface area contributed by atoms with Crippen LogP contribution in [0.4, 0.5) is 0 Å². The number of methoxy groups -OCH3 is 1. The number of hydrogen-bond acceptors (Lipinski definition) is 5. The summed E-state index contributed by atoms with van der Waals surface area (Å²) in [6.45, 7) is 2.49. The van der Waals surface area contributed by atoms with Crippen LogP contribution in [0.5, 0.6) is 0 Å². The minimum Gasteiger partial charge on any atom is -0.467 e. The fourth-order valence-corrected chi connectivity index (χ4v) is 2.22. The molecule has 22 heavy (non-hydrogen) atoms. The summed E-state index contributed by atoms with van der Waals surface area (Å²) in [6, 6.07) is 6.36. The summed E-state index contributed by atoms with van der Waals surface area (Å²) in [5.74, 6) is -2.29. The zero-order valence-electron chi connectivity index (χ0n) is 12.5. The van der Waals surface area contributed by atoms with Crippen LogP contribution in [-0.2, 0) is 14.3 Å². The topological polar surface area (TPSA) is 92.8 Å². The molecule has 7 heteroatoms. The van der Waals surface area contributed by atoms with Crippen molar-refractivity contribution in [3.05, 3.63) is 35.4 Å². The molecule has 0 aromatic heterocycles. The Labute approximate surface area is 127 Å². The van der Waals surface area contributed by atoms with Crippen LogP contribution in [-0.4, -0.2) is 47.8 Å². The van der Waals surface area contributed by atoms with Gasteiger partial charge in [0.1, 0.15) is 12.1 Å². The van der Waals surface area contributed by atoms with Gasteiger partial charge in [-0.05, 0) is 26.0 Å². The van der Waals surface area contributed by atoms with Crippen LogP contribution in [0.1, 0.15) is 34.6 Å². The number of amides is 3. The second-order valence-corrected chi connectivity index (χ2v) is 5.41. The molecule has 1 aliphatic heterocycles. The number of fused-ring (bicyclic) bond motifs is 1. The Bertz CT molecular complexity index is 631. The van der Waals surface area contributed by atoms with Crippen molar-refractivity contribution in [1.82, 2.24) is 10.2 Å². The third-order valence-corrected chi connectivity index (χ3v) is 3.33. The van der Waals surface area contributed by atoms with Crippen LogP contribution in [0.25, 0.3) is 0 Å². The Hall–Kier alpha value is -2.70. The SMILES string of the molecule is COC(=O)C(C)(C)NC(=O)CN1C(=O)c2ccccc2C1=O. The van der Waals surface area contributed by atoms with Crippen molar-refractivity contribution in [2.75, 3.05) is 13.7 Å². The summed E-state index contributed by atoms with van der Waals surface area (Å²) in [7, 11) is 1.21. The Morgan fingerprint density at radius 2 is 1.64 bits per heavy atom. The highest BCUT2D eigenvalue weighted by molar-refractivity contribution is 6.22.